The van der Waals surface area contributed by atoms with Gasteiger partial charge < -0.3 is 14.6 Å². The summed E-state index contributed by atoms with van der Waals surface area (Å²) in [6, 6.07) is 5.64. The lowest BCUT2D eigenvalue weighted by Crippen LogP contribution is -2.29. The van der Waals surface area contributed by atoms with Crippen LogP contribution in [-0.4, -0.2) is 12.6 Å². The van der Waals surface area contributed by atoms with Crippen LogP contribution in [0.25, 0.3) is 0 Å². The quantitative estimate of drug-likeness (QED) is 0.676. The zero-order valence-corrected chi connectivity index (χ0v) is 7.66. The fourth-order valence-electron chi connectivity index (χ4n) is 0.999. The summed E-state index contributed by atoms with van der Waals surface area (Å²) < 4.78 is 5.02. The van der Waals surface area contributed by atoms with Crippen LogP contribution in [0.4, 0.5) is 0 Å². The number of rotatable bonds is 3. The van der Waals surface area contributed by atoms with Gasteiger partial charge in [-0.25, -0.2) is 0 Å². The molecule has 3 nitrogen and oxygen atoms in total. The van der Waals surface area contributed by atoms with E-state index in [1.807, 2.05) is 26.0 Å². The molecule has 0 heterocycles. The Morgan fingerprint density at radius 1 is 1.46 bits per heavy atom. The highest BCUT2D eigenvalue weighted by molar-refractivity contribution is 5.66. The summed E-state index contributed by atoms with van der Waals surface area (Å²) in [5.74, 6) is -0.606. The van der Waals surface area contributed by atoms with Crippen molar-refractivity contribution in [2.24, 2.45) is 0 Å². The summed E-state index contributed by atoms with van der Waals surface area (Å²) >= 11 is 0. The summed E-state index contributed by atoms with van der Waals surface area (Å²) in [6.07, 6.45) is 0. The summed E-state index contributed by atoms with van der Waals surface area (Å²) in [5, 5.41) is 10.1. The number of carbonyl (C=O) groups is 1. The lowest BCUT2D eigenvalue weighted by molar-refractivity contribution is -0.307. The van der Waals surface area contributed by atoms with Crippen molar-refractivity contribution in [1.82, 2.24) is 0 Å². The number of benzene rings is 1. The van der Waals surface area contributed by atoms with Crippen molar-refractivity contribution in [3.63, 3.8) is 0 Å². The van der Waals surface area contributed by atoms with E-state index < -0.39 is 12.6 Å². The summed E-state index contributed by atoms with van der Waals surface area (Å²) in [7, 11) is 0. The predicted molar refractivity (Wildman–Crippen MR) is 46.4 cm³/mol. The largest absolute Gasteiger partial charge is 0.546 e. The van der Waals surface area contributed by atoms with E-state index in [0.717, 1.165) is 11.1 Å². The molecule has 1 aromatic carbocycles. The summed E-state index contributed by atoms with van der Waals surface area (Å²) in [5.41, 5.74) is 1.96. The van der Waals surface area contributed by atoms with Crippen molar-refractivity contribution in [3.05, 3.63) is 29.3 Å². The van der Waals surface area contributed by atoms with E-state index in [1.165, 1.54) is 0 Å². The Balaban J connectivity index is 2.75. The predicted octanol–water partition coefficient (Wildman–Crippen LogP) is 0.432. The van der Waals surface area contributed by atoms with Crippen molar-refractivity contribution < 1.29 is 14.6 Å². The van der Waals surface area contributed by atoms with Gasteiger partial charge in [-0.2, -0.15) is 0 Å². The zero-order chi connectivity index (χ0) is 9.84. The third-order valence-electron chi connectivity index (χ3n) is 1.69. The molecule has 0 saturated carbocycles. The maximum Gasteiger partial charge on any atom is 0.128 e. The molecule has 0 atom stereocenters. The van der Waals surface area contributed by atoms with Gasteiger partial charge in [0.1, 0.15) is 12.4 Å². The van der Waals surface area contributed by atoms with Crippen molar-refractivity contribution in [2.75, 3.05) is 6.61 Å². The first-order valence-corrected chi connectivity index (χ1v) is 3.99. The van der Waals surface area contributed by atoms with Gasteiger partial charge in [-0.3, -0.25) is 0 Å². The maximum atomic E-state index is 10.1. The first kappa shape index (κ1) is 9.58. The number of aryl methyl sites for hydroxylation is 2. The molecular weight excluding hydrogens is 168 g/mol. The summed E-state index contributed by atoms with van der Waals surface area (Å²) in [4.78, 5) is 10.1. The molecule has 3 heteroatoms. The van der Waals surface area contributed by atoms with E-state index in [2.05, 4.69) is 0 Å². The topological polar surface area (TPSA) is 49.4 Å². The fraction of sp³-hybridized carbons (Fsp3) is 0.300. The van der Waals surface area contributed by atoms with E-state index >= 15 is 0 Å². The first-order chi connectivity index (χ1) is 6.09. The smallest absolute Gasteiger partial charge is 0.128 e. The molecule has 0 aliphatic rings. The molecule has 0 bridgehead atoms. The minimum Gasteiger partial charge on any atom is -0.546 e. The Hall–Kier alpha value is -1.51. The fourth-order valence-corrected chi connectivity index (χ4v) is 0.999. The summed E-state index contributed by atoms with van der Waals surface area (Å²) in [6.45, 7) is 3.39. The minimum atomic E-state index is -1.21. The Morgan fingerprint density at radius 3 is 2.77 bits per heavy atom. The highest BCUT2D eigenvalue weighted by Crippen LogP contribution is 2.18. The normalized spacial score (nSPS) is 9.69. The second-order valence-electron chi connectivity index (χ2n) is 2.93. The van der Waals surface area contributed by atoms with E-state index in [-0.39, 0.29) is 0 Å². The second kappa shape index (κ2) is 3.94. The van der Waals surface area contributed by atoms with E-state index in [4.69, 9.17) is 4.74 Å². The molecule has 0 spiro atoms. The molecule has 0 fully saturated rings. The van der Waals surface area contributed by atoms with Crippen LogP contribution in [0.3, 0.4) is 0 Å². The molecule has 0 N–H and O–H groups in total. The molecule has 0 aromatic heterocycles. The van der Waals surface area contributed by atoms with Gasteiger partial charge in [-0.05, 0) is 31.0 Å². The number of hydrogen-bond donors (Lipinski definition) is 0. The molecule has 0 aliphatic heterocycles. The van der Waals surface area contributed by atoms with Crippen LogP contribution < -0.4 is 9.84 Å². The van der Waals surface area contributed by atoms with Crippen LogP contribution in [0, 0.1) is 13.8 Å². The Labute approximate surface area is 77.0 Å². The van der Waals surface area contributed by atoms with Crippen LogP contribution in [0.5, 0.6) is 5.75 Å². The van der Waals surface area contributed by atoms with Crippen molar-refractivity contribution in [1.29, 1.82) is 0 Å². The molecule has 1 rings (SSSR count). The van der Waals surface area contributed by atoms with E-state index in [0.29, 0.717) is 5.75 Å². The molecule has 0 aliphatic carbocycles. The average Bonchev–Trinajstić information content (AvgIpc) is 2.06. The molecule has 0 amide bonds. The van der Waals surface area contributed by atoms with E-state index in [1.54, 1.807) is 6.07 Å². The lowest BCUT2D eigenvalue weighted by Gasteiger charge is -2.09. The molecule has 13 heavy (non-hydrogen) atoms. The van der Waals surface area contributed by atoms with Crippen molar-refractivity contribution in [3.8, 4) is 5.75 Å². The van der Waals surface area contributed by atoms with Crippen LogP contribution in [0.2, 0.25) is 0 Å². The SMILES string of the molecule is Cc1ccc(C)c(OCC(=O)[O-])c1. The number of carboxylic acid groups (broad SMARTS) is 1. The highest BCUT2D eigenvalue weighted by atomic mass is 16.5. The van der Waals surface area contributed by atoms with Gasteiger partial charge in [-0.1, -0.05) is 12.1 Å². The van der Waals surface area contributed by atoms with E-state index in [9.17, 15) is 9.90 Å². The Morgan fingerprint density at radius 2 is 2.15 bits per heavy atom. The number of hydrogen-bond acceptors (Lipinski definition) is 3. The van der Waals surface area contributed by atoms with Gasteiger partial charge in [0.15, 0.2) is 0 Å². The molecule has 0 saturated heterocycles. The standard InChI is InChI=1S/C10H12O3/c1-7-3-4-8(2)9(5-7)13-6-10(11)12/h3-5H,6H2,1-2H3,(H,11,12)/p-1. The van der Waals surface area contributed by atoms with Gasteiger partial charge in [0.05, 0.1) is 5.97 Å². The first-order valence-electron chi connectivity index (χ1n) is 3.99. The minimum absolute atomic E-state index is 0.399. The Bertz CT molecular complexity index is 318. The van der Waals surface area contributed by atoms with Gasteiger partial charge in [0, 0.05) is 0 Å². The second-order valence-corrected chi connectivity index (χ2v) is 2.93. The highest BCUT2D eigenvalue weighted by Gasteiger charge is 1.98. The average molecular weight is 179 g/mol. The monoisotopic (exact) mass is 179 g/mol. The number of carboxylic acids is 1. The number of aliphatic carboxylic acids is 1. The number of carbonyl (C=O) groups excluding carboxylic acids is 1. The zero-order valence-electron chi connectivity index (χ0n) is 7.66. The molecule has 70 valence electrons. The van der Waals surface area contributed by atoms with Crippen molar-refractivity contribution >= 4 is 5.97 Å². The van der Waals surface area contributed by atoms with Crippen molar-refractivity contribution in [2.45, 2.75) is 13.8 Å². The van der Waals surface area contributed by atoms with Crippen LogP contribution in [0.15, 0.2) is 18.2 Å². The van der Waals surface area contributed by atoms with Crippen LogP contribution >= 0.6 is 0 Å². The van der Waals surface area contributed by atoms with Crippen LogP contribution in [-0.2, 0) is 4.79 Å². The molecular formula is C10H11O3-. The Kier molecular flexibility index (Phi) is 2.90. The molecule has 1 aromatic rings. The van der Waals surface area contributed by atoms with Crippen LogP contribution in [0.1, 0.15) is 11.1 Å². The third kappa shape index (κ3) is 2.78. The van der Waals surface area contributed by atoms with Gasteiger partial charge in [0.2, 0.25) is 0 Å². The molecule has 0 radical (unpaired) electrons. The lowest BCUT2D eigenvalue weighted by atomic mass is 10.1. The third-order valence-corrected chi connectivity index (χ3v) is 1.69. The molecule has 0 unspecified atom stereocenters. The maximum absolute atomic E-state index is 10.1. The van der Waals surface area contributed by atoms with Gasteiger partial charge in [-0.15, -0.1) is 0 Å². The number of ether oxygens (including phenoxy) is 1. The van der Waals surface area contributed by atoms with Gasteiger partial charge in [0.25, 0.3) is 0 Å². The van der Waals surface area contributed by atoms with Gasteiger partial charge >= 0.3 is 0 Å².